The summed E-state index contributed by atoms with van der Waals surface area (Å²) < 4.78 is 13.4. The highest BCUT2D eigenvalue weighted by molar-refractivity contribution is 5.78. The van der Waals surface area contributed by atoms with E-state index in [0.29, 0.717) is 41.9 Å². The first-order valence-corrected chi connectivity index (χ1v) is 9.09. The highest BCUT2D eigenvalue weighted by Gasteiger charge is 2.30. The highest BCUT2D eigenvalue weighted by atomic mass is 19.1. The molecule has 0 radical (unpaired) electrons. The van der Waals surface area contributed by atoms with E-state index in [2.05, 4.69) is 20.2 Å². The van der Waals surface area contributed by atoms with Crippen LogP contribution in [0, 0.1) is 5.82 Å². The molecule has 0 aliphatic carbocycles. The quantitative estimate of drug-likeness (QED) is 0.739. The minimum Gasteiger partial charge on any atom is -0.340 e. The number of fused-ring (bicyclic) bond motifs is 1. The van der Waals surface area contributed by atoms with Crippen LogP contribution >= 0.6 is 0 Å². The molecule has 1 aliphatic heterocycles. The van der Waals surface area contributed by atoms with E-state index >= 15 is 0 Å². The topological polar surface area (TPSA) is 94.7 Å². The Morgan fingerprint density at radius 3 is 2.96 bits per heavy atom. The molecule has 8 heteroatoms. The average Bonchev–Trinajstić information content (AvgIpc) is 3.10. The Balaban J connectivity index is 1.51. The van der Waals surface area contributed by atoms with Gasteiger partial charge in [0.1, 0.15) is 11.6 Å². The number of piperidine rings is 1. The lowest BCUT2D eigenvalue weighted by atomic mass is 10.0. The van der Waals surface area contributed by atoms with Gasteiger partial charge in [0, 0.05) is 25.5 Å². The van der Waals surface area contributed by atoms with E-state index in [1.807, 2.05) is 4.90 Å². The van der Waals surface area contributed by atoms with Gasteiger partial charge < -0.3 is 9.88 Å². The number of halogens is 1. The monoisotopic (exact) mass is 369 g/mol. The van der Waals surface area contributed by atoms with E-state index in [1.54, 1.807) is 12.1 Å². The molecule has 1 aliphatic rings. The highest BCUT2D eigenvalue weighted by Crippen LogP contribution is 2.31. The number of hydrogen-bond acceptors (Lipinski definition) is 4. The summed E-state index contributed by atoms with van der Waals surface area (Å²) in [7, 11) is 0. The molecule has 3 heterocycles. The predicted molar refractivity (Wildman–Crippen MR) is 97.5 cm³/mol. The Kier molecular flexibility index (Phi) is 4.70. The number of benzene rings is 1. The van der Waals surface area contributed by atoms with Crippen molar-refractivity contribution in [2.45, 2.75) is 38.1 Å². The Morgan fingerprint density at radius 2 is 2.15 bits per heavy atom. The number of carbonyl (C=O) groups is 1. The molecule has 0 bridgehead atoms. The number of nitrogens with one attached hydrogen (secondary N) is 2. The van der Waals surface area contributed by atoms with E-state index in [9.17, 15) is 14.0 Å². The third-order valence-electron chi connectivity index (χ3n) is 4.93. The van der Waals surface area contributed by atoms with Crippen molar-refractivity contribution in [1.29, 1.82) is 0 Å². The van der Waals surface area contributed by atoms with E-state index in [-0.39, 0.29) is 23.3 Å². The maximum Gasteiger partial charge on any atom is 0.264 e. The smallest absolute Gasteiger partial charge is 0.264 e. The summed E-state index contributed by atoms with van der Waals surface area (Å²) in [5, 5.41) is 6.33. The Labute approximate surface area is 154 Å². The van der Waals surface area contributed by atoms with Crippen LogP contribution in [-0.4, -0.2) is 37.5 Å². The summed E-state index contributed by atoms with van der Waals surface area (Å²) >= 11 is 0. The van der Waals surface area contributed by atoms with Gasteiger partial charge in [-0.2, -0.15) is 5.10 Å². The van der Waals surface area contributed by atoms with Crippen LogP contribution < -0.4 is 5.56 Å². The molecule has 1 aromatic carbocycles. The molecule has 7 nitrogen and oxygen atoms in total. The van der Waals surface area contributed by atoms with Gasteiger partial charge in [0.2, 0.25) is 5.91 Å². The van der Waals surface area contributed by atoms with Crippen LogP contribution in [0.5, 0.6) is 0 Å². The molecule has 0 saturated carbocycles. The number of H-pyrrole nitrogens is 2. The second-order valence-corrected chi connectivity index (χ2v) is 6.79. The first kappa shape index (κ1) is 17.4. The summed E-state index contributed by atoms with van der Waals surface area (Å²) in [5.74, 6) is 0.410. The van der Waals surface area contributed by atoms with Crippen LogP contribution in [0.1, 0.15) is 43.2 Å². The van der Waals surface area contributed by atoms with Crippen molar-refractivity contribution in [3.8, 4) is 0 Å². The lowest BCUT2D eigenvalue weighted by molar-refractivity contribution is -0.135. The van der Waals surface area contributed by atoms with Gasteiger partial charge in [0.25, 0.3) is 5.56 Å². The first-order valence-electron chi connectivity index (χ1n) is 9.09. The fourth-order valence-electron chi connectivity index (χ4n) is 3.56. The number of aromatic amines is 2. The average molecular weight is 369 g/mol. The molecule has 1 saturated heterocycles. The summed E-state index contributed by atoms with van der Waals surface area (Å²) in [4.78, 5) is 33.5. The minimum atomic E-state index is -0.317. The summed E-state index contributed by atoms with van der Waals surface area (Å²) in [5.41, 5.74) is 1.75. The maximum atomic E-state index is 13.4. The van der Waals surface area contributed by atoms with Gasteiger partial charge in [0.05, 0.1) is 22.8 Å². The molecule has 4 rings (SSSR count). The lowest BCUT2D eigenvalue weighted by Gasteiger charge is -2.34. The van der Waals surface area contributed by atoms with Crippen LogP contribution in [0.2, 0.25) is 0 Å². The van der Waals surface area contributed by atoms with Crippen molar-refractivity contribution in [3.63, 3.8) is 0 Å². The largest absolute Gasteiger partial charge is 0.340 e. The zero-order chi connectivity index (χ0) is 18.8. The number of rotatable bonds is 4. The van der Waals surface area contributed by atoms with Crippen LogP contribution in [0.4, 0.5) is 4.39 Å². The molecular formula is C19H20FN5O2. The second kappa shape index (κ2) is 7.30. The summed E-state index contributed by atoms with van der Waals surface area (Å²) in [6.45, 7) is 0.675. The maximum absolute atomic E-state index is 13.4. The molecule has 3 aromatic rings. The second-order valence-electron chi connectivity index (χ2n) is 6.79. The van der Waals surface area contributed by atoms with E-state index < -0.39 is 0 Å². The predicted octanol–water partition coefficient (Wildman–Crippen LogP) is 2.47. The number of amides is 1. The summed E-state index contributed by atoms with van der Waals surface area (Å²) in [6.07, 6.45) is 3.56. The lowest BCUT2D eigenvalue weighted by Crippen LogP contribution is -2.39. The zero-order valence-corrected chi connectivity index (χ0v) is 14.7. The van der Waals surface area contributed by atoms with Crippen molar-refractivity contribution in [2.75, 3.05) is 6.54 Å². The van der Waals surface area contributed by atoms with Crippen LogP contribution in [0.15, 0.2) is 35.1 Å². The molecule has 140 valence electrons. The first-order chi connectivity index (χ1) is 13.1. The fourth-order valence-corrected chi connectivity index (χ4v) is 3.56. The van der Waals surface area contributed by atoms with E-state index in [0.717, 1.165) is 19.3 Å². The molecule has 2 aromatic heterocycles. The molecule has 27 heavy (non-hydrogen) atoms. The number of aromatic nitrogens is 4. The SMILES string of the molecule is O=C(CCc1ccc(=O)[nH]n1)N1CCCCC1c1nc2ccc(F)cc2[nH]1. The van der Waals surface area contributed by atoms with Gasteiger partial charge in [-0.25, -0.2) is 14.5 Å². The molecule has 2 N–H and O–H groups in total. The van der Waals surface area contributed by atoms with Crippen LogP contribution in [0.25, 0.3) is 11.0 Å². The van der Waals surface area contributed by atoms with Crippen molar-refractivity contribution < 1.29 is 9.18 Å². The van der Waals surface area contributed by atoms with Gasteiger partial charge in [-0.05, 0) is 43.5 Å². The van der Waals surface area contributed by atoms with Crippen molar-refractivity contribution in [3.05, 3.63) is 58.0 Å². The third-order valence-corrected chi connectivity index (χ3v) is 4.93. The van der Waals surface area contributed by atoms with Gasteiger partial charge in [-0.3, -0.25) is 9.59 Å². The minimum absolute atomic E-state index is 0.0272. The van der Waals surface area contributed by atoms with Crippen LogP contribution in [-0.2, 0) is 11.2 Å². The molecule has 1 amide bonds. The van der Waals surface area contributed by atoms with Crippen LogP contribution in [0.3, 0.4) is 0 Å². The molecule has 1 unspecified atom stereocenters. The van der Waals surface area contributed by atoms with Crippen molar-refractivity contribution in [2.24, 2.45) is 0 Å². The Morgan fingerprint density at radius 1 is 1.26 bits per heavy atom. The number of carbonyl (C=O) groups excluding carboxylic acids is 1. The van der Waals surface area contributed by atoms with E-state index in [1.165, 1.54) is 18.2 Å². The molecule has 0 spiro atoms. The number of imidazole rings is 1. The van der Waals surface area contributed by atoms with Gasteiger partial charge in [0.15, 0.2) is 0 Å². The number of likely N-dealkylation sites (tertiary alicyclic amines) is 1. The van der Waals surface area contributed by atoms with Crippen molar-refractivity contribution >= 4 is 16.9 Å². The van der Waals surface area contributed by atoms with E-state index in [4.69, 9.17) is 0 Å². The fraction of sp³-hybridized carbons (Fsp3) is 0.368. The number of hydrogen-bond donors (Lipinski definition) is 2. The Bertz CT molecular complexity index is 1010. The molecule has 1 fully saturated rings. The van der Waals surface area contributed by atoms with Gasteiger partial charge in [-0.1, -0.05) is 0 Å². The number of nitrogens with zero attached hydrogens (tertiary/aromatic N) is 3. The van der Waals surface area contributed by atoms with Gasteiger partial charge in [-0.15, -0.1) is 0 Å². The summed E-state index contributed by atoms with van der Waals surface area (Å²) in [6, 6.07) is 7.35. The van der Waals surface area contributed by atoms with Gasteiger partial charge >= 0.3 is 0 Å². The molecular weight excluding hydrogens is 349 g/mol. The normalized spacial score (nSPS) is 17.4. The zero-order valence-electron chi connectivity index (χ0n) is 14.7. The Hall–Kier alpha value is -3.03. The standard InChI is InChI=1S/C19H20FN5O2/c20-12-4-7-14-15(11-12)22-19(21-14)16-3-1-2-10-25(16)18(27)9-6-13-5-8-17(26)24-23-13/h4-5,7-8,11,16H,1-3,6,9-10H2,(H,21,22)(H,24,26). The third kappa shape index (κ3) is 3.74. The van der Waals surface area contributed by atoms with Crippen molar-refractivity contribution in [1.82, 2.24) is 25.1 Å². The molecule has 1 atom stereocenters. The number of aryl methyl sites for hydroxylation is 1.